The molecular formula is C17H23NO5. The van der Waals surface area contributed by atoms with E-state index in [1.54, 1.807) is 4.90 Å². The lowest BCUT2D eigenvalue weighted by atomic mass is 10.1. The van der Waals surface area contributed by atoms with Gasteiger partial charge in [0.1, 0.15) is 6.61 Å². The number of ether oxygens (including phenoxy) is 2. The summed E-state index contributed by atoms with van der Waals surface area (Å²) in [5, 5.41) is 10.1. The molecule has 0 spiro atoms. The molecule has 1 amide bonds. The SMILES string of the molecule is COC(=O)CCC[C@H]1[C@@H](O)CCN1C(=O)OCc1ccccc1. The Morgan fingerprint density at radius 3 is 2.74 bits per heavy atom. The molecule has 2 atom stereocenters. The van der Waals surface area contributed by atoms with E-state index in [2.05, 4.69) is 4.74 Å². The van der Waals surface area contributed by atoms with Gasteiger partial charge in [-0.2, -0.15) is 0 Å². The van der Waals surface area contributed by atoms with E-state index >= 15 is 0 Å². The summed E-state index contributed by atoms with van der Waals surface area (Å²) in [7, 11) is 1.35. The highest BCUT2D eigenvalue weighted by molar-refractivity contribution is 5.69. The second kappa shape index (κ2) is 8.53. The summed E-state index contributed by atoms with van der Waals surface area (Å²) in [6, 6.07) is 9.15. The molecule has 1 aliphatic rings. The fourth-order valence-electron chi connectivity index (χ4n) is 2.77. The number of benzene rings is 1. The van der Waals surface area contributed by atoms with Gasteiger partial charge in [0.2, 0.25) is 0 Å². The average molecular weight is 321 g/mol. The highest BCUT2D eigenvalue weighted by Gasteiger charge is 2.36. The first-order valence-corrected chi connectivity index (χ1v) is 7.84. The number of carbonyl (C=O) groups excluding carboxylic acids is 2. The van der Waals surface area contributed by atoms with Crippen LogP contribution in [0.25, 0.3) is 0 Å². The van der Waals surface area contributed by atoms with Crippen molar-refractivity contribution in [1.82, 2.24) is 4.90 Å². The summed E-state index contributed by atoms with van der Waals surface area (Å²) in [4.78, 5) is 24.9. The minimum atomic E-state index is -0.572. The molecule has 0 saturated carbocycles. The Kier molecular flexibility index (Phi) is 6.40. The van der Waals surface area contributed by atoms with Gasteiger partial charge in [0.25, 0.3) is 0 Å². The first-order valence-electron chi connectivity index (χ1n) is 7.84. The molecule has 0 aromatic heterocycles. The molecule has 1 aromatic carbocycles. The van der Waals surface area contributed by atoms with Crippen molar-refractivity contribution >= 4 is 12.1 Å². The largest absolute Gasteiger partial charge is 0.469 e. The Balaban J connectivity index is 1.83. The Labute approximate surface area is 136 Å². The van der Waals surface area contributed by atoms with Gasteiger partial charge < -0.3 is 19.5 Å². The van der Waals surface area contributed by atoms with Crippen molar-refractivity contribution < 1.29 is 24.2 Å². The van der Waals surface area contributed by atoms with Crippen LogP contribution in [-0.4, -0.2) is 47.9 Å². The van der Waals surface area contributed by atoms with Gasteiger partial charge in [-0.05, 0) is 24.8 Å². The third kappa shape index (κ3) is 4.96. The average Bonchev–Trinajstić information content (AvgIpc) is 2.94. The minimum Gasteiger partial charge on any atom is -0.469 e. The molecule has 2 rings (SSSR count). The molecule has 0 radical (unpaired) electrons. The van der Waals surface area contributed by atoms with Crippen LogP contribution in [0.2, 0.25) is 0 Å². The molecule has 1 fully saturated rings. The maximum Gasteiger partial charge on any atom is 0.410 e. The zero-order valence-electron chi connectivity index (χ0n) is 13.3. The van der Waals surface area contributed by atoms with E-state index in [4.69, 9.17) is 4.74 Å². The lowest BCUT2D eigenvalue weighted by Crippen LogP contribution is -2.40. The van der Waals surface area contributed by atoms with Gasteiger partial charge in [0.05, 0.1) is 19.3 Å². The van der Waals surface area contributed by atoms with Crippen molar-refractivity contribution in [2.75, 3.05) is 13.7 Å². The van der Waals surface area contributed by atoms with E-state index in [0.717, 1.165) is 5.56 Å². The minimum absolute atomic E-state index is 0.209. The van der Waals surface area contributed by atoms with Crippen LogP contribution in [0.3, 0.4) is 0 Å². The van der Waals surface area contributed by atoms with E-state index in [1.807, 2.05) is 30.3 Å². The highest BCUT2D eigenvalue weighted by Crippen LogP contribution is 2.24. The first kappa shape index (κ1) is 17.3. The van der Waals surface area contributed by atoms with Crippen molar-refractivity contribution in [3.8, 4) is 0 Å². The monoisotopic (exact) mass is 321 g/mol. The van der Waals surface area contributed by atoms with Gasteiger partial charge in [-0.15, -0.1) is 0 Å². The normalized spacial score (nSPS) is 20.3. The van der Waals surface area contributed by atoms with E-state index in [-0.39, 0.29) is 25.0 Å². The number of rotatable bonds is 6. The third-order valence-corrected chi connectivity index (χ3v) is 4.06. The number of amides is 1. The maximum atomic E-state index is 12.2. The molecule has 1 saturated heterocycles. The van der Waals surface area contributed by atoms with Gasteiger partial charge in [-0.1, -0.05) is 30.3 Å². The van der Waals surface area contributed by atoms with Crippen LogP contribution in [0.15, 0.2) is 30.3 Å². The molecule has 1 aliphatic heterocycles. The lowest BCUT2D eigenvalue weighted by molar-refractivity contribution is -0.140. The summed E-state index contributed by atoms with van der Waals surface area (Å²) < 4.78 is 9.92. The van der Waals surface area contributed by atoms with Gasteiger partial charge in [0, 0.05) is 13.0 Å². The second-order valence-corrected chi connectivity index (χ2v) is 5.63. The molecule has 1 N–H and O–H groups in total. The summed E-state index contributed by atoms with van der Waals surface area (Å²) in [6.07, 6.45) is 0.939. The zero-order valence-corrected chi connectivity index (χ0v) is 13.3. The number of aliphatic hydroxyl groups excluding tert-OH is 1. The van der Waals surface area contributed by atoms with E-state index in [9.17, 15) is 14.7 Å². The molecule has 1 aromatic rings. The van der Waals surface area contributed by atoms with Crippen molar-refractivity contribution in [2.24, 2.45) is 0 Å². The fourth-order valence-corrected chi connectivity index (χ4v) is 2.77. The summed E-state index contributed by atoms with van der Waals surface area (Å²) in [5.41, 5.74) is 0.919. The standard InChI is InChI=1S/C17H23NO5/c1-22-16(20)9-5-8-14-15(19)10-11-18(14)17(21)23-12-13-6-3-2-4-7-13/h2-4,6-7,14-15,19H,5,8-12H2,1H3/t14-,15-/m0/s1. The van der Waals surface area contributed by atoms with Crippen LogP contribution in [0.5, 0.6) is 0 Å². The second-order valence-electron chi connectivity index (χ2n) is 5.63. The molecule has 23 heavy (non-hydrogen) atoms. The molecule has 6 heteroatoms. The number of methoxy groups -OCH3 is 1. The number of likely N-dealkylation sites (tertiary alicyclic amines) is 1. The van der Waals surface area contributed by atoms with Gasteiger partial charge in [0.15, 0.2) is 0 Å². The fraction of sp³-hybridized carbons (Fsp3) is 0.529. The number of esters is 1. The molecule has 1 heterocycles. The Hall–Kier alpha value is -2.08. The van der Waals surface area contributed by atoms with Gasteiger partial charge >= 0.3 is 12.1 Å². The molecule has 6 nitrogen and oxygen atoms in total. The zero-order chi connectivity index (χ0) is 16.7. The molecule has 126 valence electrons. The van der Waals surface area contributed by atoms with Crippen LogP contribution in [0, 0.1) is 0 Å². The van der Waals surface area contributed by atoms with E-state index in [1.165, 1.54) is 7.11 Å². The van der Waals surface area contributed by atoms with E-state index < -0.39 is 12.2 Å². The van der Waals surface area contributed by atoms with Crippen LogP contribution < -0.4 is 0 Å². The van der Waals surface area contributed by atoms with Crippen LogP contribution in [0.4, 0.5) is 4.79 Å². The van der Waals surface area contributed by atoms with Crippen LogP contribution in [-0.2, 0) is 20.9 Å². The Morgan fingerprint density at radius 1 is 1.30 bits per heavy atom. The summed E-state index contributed by atoms with van der Waals surface area (Å²) >= 11 is 0. The summed E-state index contributed by atoms with van der Waals surface area (Å²) in [6.45, 7) is 0.679. The van der Waals surface area contributed by atoms with Crippen molar-refractivity contribution in [3.05, 3.63) is 35.9 Å². The lowest BCUT2D eigenvalue weighted by Gasteiger charge is -2.25. The Morgan fingerprint density at radius 2 is 2.04 bits per heavy atom. The molecule has 0 unspecified atom stereocenters. The maximum absolute atomic E-state index is 12.2. The topological polar surface area (TPSA) is 76.1 Å². The number of hydrogen-bond acceptors (Lipinski definition) is 5. The number of aliphatic hydroxyl groups is 1. The molecule has 0 aliphatic carbocycles. The third-order valence-electron chi connectivity index (χ3n) is 4.06. The van der Waals surface area contributed by atoms with Crippen molar-refractivity contribution in [3.63, 3.8) is 0 Å². The number of hydrogen-bond donors (Lipinski definition) is 1. The van der Waals surface area contributed by atoms with Crippen molar-refractivity contribution in [2.45, 2.75) is 44.4 Å². The van der Waals surface area contributed by atoms with E-state index in [0.29, 0.717) is 25.8 Å². The number of carbonyl (C=O) groups is 2. The molecular weight excluding hydrogens is 298 g/mol. The quantitative estimate of drug-likeness (QED) is 0.812. The highest BCUT2D eigenvalue weighted by atomic mass is 16.6. The number of nitrogens with zero attached hydrogens (tertiary/aromatic N) is 1. The first-order chi connectivity index (χ1) is 11.1. The summed E-state index contributed by atoms with van der Waals surface area (Å²) in [5.74, 6) is -0.282. The van der Waals surface area contributed by atoms with Crippen LogP contribution in [0.1, 0.15) is 31.2 Å². The Bertz CT molecular complexity index is 519. The molecule has 0 bridgehead atoms. The van der Waals surface area contributed by atoms with Gasteiger partial charge in [-0.3, -0.25) is 4.79 Å². The predicted molar refractivity (Wildman–Crippen MR) is 83.6 cm³/mol. The smallest absolute Gasteiger partial charge is 0.410 e. The van der Waals surface area contributed by atoms with Gasteiger partial charge in [-0.25, -0.2) is 4.79 Å². The van der Waals surface area contributed by atoms with Crippen molar-refractivity contribution in [1.29, 1.82) is 0 Å². The van der Waals surface area contributed by atoms with Crippen LogP contribution >= 0.6 is 0 Å². The predicted octanol–water partition coefficient (Wildman–Crippen LogP) is 2.10.